The van der Waals surface area contributed by atoms with Gasteiger partial charge in [-0.25, -0.2) is 0 Å². The molecule has 0 atom stereocenters. The molecule has 0 aliphatic heterocycles. The highest BCUT2D eigenvalue weighted by atomic mass is 14.9. The minimum Gasteiger partial charge on any atom is -0.314 e. The topological polar surface area (TPSA) is 12.0 Å². The molecule has 108 valence electrons. The Kier molecular flexibility index (Phi) is 9.65. The van der Waals surface area contributed by atoms with Gasteiger partial charge in [-0.05, 0) is 44.6 Å². The number of rotatable bonds is 10. The molecule has 0 unspecified atom stereocenters. The zero-order valence-corrected chi connectivity index (χ0v) is 12.8. The van der Waals surface area contributed by atoms with E-state index in [1.54, 1.807) is 0 Å². The lowest BCUT2D eigenvalue weighted by Crippen LogP contribution is -2.33. The number of nitrogens with one attached hydrogen (secondary N) is 1. The van der Waals surface area contributed by atoms with Crippen LogP contribution >= 0.6 is 0 Å². The van der Waals surface area contributed by atoms with E-state index in [0.29, 0.717) is 0 Å². The van der Waals surface area contributed by atoms with Crippen LogP contribution in [-0.4, -0.2) is 12.6 Å². The lowest BCUT2D eigenvalue weighted by molar-refractivity contribution is 0.285. The second kappa shape index (κ2) is 10.8. The lowest BCUT2D eigenvalue weighted by atomic mass is 9.84. The Balaban J connectivity index is 1.84. The highest BCUT2D eigenvalue weighted by molar-refractivity contribution is 4.76. The van der Waals surface area contributed by atoms with Gasteiger partial charge in [-0.1, -0.05) is 58.8 Å². The summed E-state index contributed by atoms with van der Waals surface area (Å²) in [6.07, 6.45) is 17.1. The molecule has 0 heterocycles. The van der Waals surface area contributed by atoms with Crippen LogP contribution < -0.4 is 5.32 Å². The van der Waals surface area contributed by atoms with Gasteiger partial charge in [-0.3, -0.25) is 0 Å². The van der Waals surface area contributed by atoms with Crippen molar-refractivity contribution in [2.24, 2.45) is 5.92 Å². The number of unbranched alkanes of at least 4 members (excludes halogenated alkanes) is 6. The lowest BCUT2D eigenvalue weighted by Gasteiger charge is -2.28. The Labute approximate surface area is 115 Å². The fraction of sp³-hybridized carbons (Fsp3) is 1.00. The predicted molar refractivity (Wildman–Crippen MR) is 82.0 cm³/mol. The summed E-state index contributed by atoms with van der Waals surface area (Å²) in [7, 11) is 0. The highest BCUT2D eigenvalue weighted by Crippen LogP contribution is 2.26. The van der Waals surface area contributed by atoms with Crippen molar-refractivity contribution in [3.05, 3.63) is 0 Å². The second-order valence-corrected chi connectivity index (χ2v) is 6.20. The molecular formula is C17H35N. The van der Waals surface area contributed by atoms with E-state index in [4.69, 9.17) is 0 Å². The number of hydrogen-bond acceptors (Lipinski definition) is 1. The van der Waals surface area contributed by atoms with Gasteiger partial charge >= 0.3 is 0 Å². The van der Waals surface area contributed by atoms with E-state index in [2.05, 4.69) is 19.2 Å². The molecule has 1 rings (SSSR count). The fourth-order valence-electron chi connectivity index (χ4n) is 3.16. The maximum atomic E-state index is 3.77. The molecule has 1 fully saturated rings. The Morgan fingerprint density at radius 1 is 0.778 bits per heavy atom. The van der Waals surface area contributed by atoms with Crippen LogP contribution in [0.3, 0.4) is 0 Å². The summed E-state index contributed by atoms with van der Waals surface area (Å²) in [5.41, 5.74) is 0. The third kappa shape index (κ3) is 7.41. The quantitative estimate of drug-likeness (QED) is 0.521. The molecule has 1 nitrogen and oxygen atoms in total. The molecule has 0 amide bonds. The average molecular weight is 253 g/mol. The smallest absolute Gasteiger partial charge is 0.00672 e. The van der Waals surface area contributed by atoms with Crippen molar-refractivity contribution in [1.29, 1.82) is 0 Å². The zero-order chi connectivity index (χ0) is 13.1. The van der Waals surface area contributed by atoms with Crippen molar-refractivity contribution in [3.63, 3.8) is 0 Å². The van der Waals surface area contributed by atoms with E-state index in [-0.39, 0.29) is 0 Å². The third-order valence-electron chi connectivity index (χ3n) is 4.64. The van der Waals surface area contributed by atoms with Gasteiger partial charge in [0.2, 0.25) is 0 Å². The molecule has 0 aromatic carbocycles. The Bertz CT molecular complexity index is 170. The monoisotopic (exact) mass is 253 g/mol. The summed E-state index contributed by atoms with van der Waals surface area (Å²) < 4.78 is 0. The van der Waals surface area contributed by atoms with Crippen molar-refractivity contribution >= 4 is 0 Å². The maximum absolute atomic E-state index is 3.77. The molecular weight excluding hydrogens is 218 g/mol. The van der Waals surface area contributed by atoms with Crippen molar-refractivity contribution in [2.75, 3.05) is 6.54 Å². The van der Waals surface area contributed by atoms with Crippen LogP contribution in [0.1, 0.15) is 90.9 Å². The van der Waals surface area contributed by atoms with Crippen molar-refractivity contribution in [2.45, 2.75) is 96.9 Å². The van der Waals surface area contributed by atoms with Gasteiger partial charge in [-0.2, -0.15) is 0 Å². The van der Waals surface area contributed by atoms with Gasteiger partial charge in [0.1, 0.15) is 0 Å². The van der Waals surface area contributed by atoms with Gasteiger partial charge in [0, 0.05) is 6.04 Å². The SMILES string of the molecule is CCCCCCCCCNC1CCC(CC)CC1. The van der Waals surface area contributed by atoms with Crippen LogP contribution in [0.5, 0.6) is 0 Å². The summed E-state index contributed by atoms with van der Waals surface area (Å²) in [4.78, 5) is 0. The first-order valence-electron chi connectivity index (χ1n) is 8.60. The molecule has 0 aromatic rings. The first-order chi connectivity index (χ1) is 8.86. The molecule has 0 radical (unpaired) electrons. The van der Waals surface area contributed by atoms with Crippen molar-refractivity contribution in [1.82, 2.24) is 5.32 Å². The Morgan fingerprint density at radius 2 is 1.39 bits per heavy atom. The van der Waals surface area contributed by atoms with E-state index in [9.17, 15) is 0 Å². The van der Waals surface area contributed by atoms with E-state index >= 15 is 0 Å². The average Bonchev–Trinajstić information content (AvgIpc) is 2.42. The molecule has 1 N–H and O–H groups in total. The van der Waals surface area contributed by atoms with Crippen LogP contribution in [0.2, 0.25) is 0 Å². The molecule has 1 aliphatic rings. The largest absolute Gasteiger partial charge is 0.314 e. The molecule has 0 aromatic heterocycles. The van der Waals surface area contributed by atoms with Crippen LogP contribution in [0.15, 0.2) is 0 Å². The molecule has 1 aliphatic carbocycles. The summed E-state index contributed by atoms with van der Waals surface area (Å²) >= 11 is 0. The zero-order valence-electron chi connectivity index (χ0n) is 12.8. The molecule has 18 heavy (non-hydrogen) atoms. The Morgan fingerprint density at radius 3 is 2.00 bits per heavy atom. The predicted octanol–water partition coefficient (Wildman–Crippen LogP) is 5.30. The van der Waals surface area contributed by atoms with Gasteiger partial charge < -0.3 is 5.32 Å². The minimum atomic E-state index is 0.841. The second-order valence-electron chi connectivity index (χ2n) is 6.20. The molecule has 0 spiro atoms. The standard InChI is InChI=1S/C17H35N/c1-3-5-6-7-8-9-10-15-18-17-13-11-16(4-2)12-14-17/h16-18H,3-15H2,1-2H3. The van der Waals surface area contributed by atoms with E-state index in [1.165, 1.54) is 83.6 Å². The minimum absolute atomic E-state index is 0.841. The highest BCUT2D eigenvalue weighted by Gasteiger charge is 2.18. The van der Waals surface area contributed by atoms with Gasteiger partial charge in [0.05, 0.1) is 0 Å². The first kappa shape index (κ1) is 16.0. The van der Waals surface area contributed by atoms with Crippen LogP contribution in [0.4, 0.5) is 0 Å². The van der Waals surface area contributed by atoms with Gasteiger partial charge in [0.15, 0.2) is 0 Å². The Hall–Kier alpha value is -0.0400. The van der Waals surface area contributed by atoms with E-state index < -0.39 is 0 Å². The van der Waals surface area contributed by atoms with Crippen molar-refractivity contribution in [3.8, 4) is 0 Å². The van der Waals surface area contributed by atoms with Gasteiger partial charge in [0.25, 0.3) is 0 Å². The van der Waals surface area contributed by atoms with Crippen molar-refractivity contribution < 1.29 is 0 Å². The normalized spacial score (nSPS) is 24.3. The van der Waals surface area contributed by atoms with E-state index in [0.717, 1.165) is 12.0 Å². The van der Waals surface area contributed by atoms with E-state index in [1.807, 2.05) is 0 Å². The summed E-state index contributed by atoms with van der Waals surface area (Å²) in [6, 6.07) is 0.841. The molecule has 1 heteroatoms. The first-order valence-corrected chi connectivity index (χ1v) is 8.60. The van der Waals surface area contributed by atoms with Crippen LogP contribution in [0, 0.1) is 5.92 Å². The maximum Gasteiger partial charge on any atom is 0.00672 e. The van der Waals surface area contributed by atoms with Crippen LogP contribution in [0.25, 0.3) is 0 Å². The molecule has 0 saturated heterocycles. The number of hydrogen-bond donors (Lipinski definition) is 1. The fourth-order valence-corrected chi connectivity index (χ4v) is 3.16. The van der Waals surface area contributed by atoms with Crippen LogP contribution in [-0.2, 0) is 0 Å². The third-order valence-corrected chi connectivity index (χ3v) is 4.64. The molecule has 0 bridgehead atoms. The van der Waals surface area contributed by atoms with Gasteiger partial charge in [-0.15, -0.1) is 0 Å². The summed E-state index contributed by atoms with van der Waals surface area (Å²) in [5, 5.41) is 3.77. The summed E-state index contributed by atoms with van der Waals surface area (Å²) in [5.74, 6) is 1.03. The molecule has 1 saturated carbocycles. The summed E-state index contributed by atoms with van der Waals surface area (Å²) in [6.45, 7) is 5.89.